The molecule has 4 nitrogen and oxygen atoms in total. The highest BCUT2D eigenvalue weighted by Gasteiger charge is 2.25. The Labute approximate surface area is 111 Å². The molecule has 0 aliphatic rings. The number of primary amides is 1. The standard InChI is InChI=1S/C13H22N2O2S/c1-13(2,3)11-9(18(5)6)7-8(17-4)10(15-11)12(14)16/h7,18H,1-6H3,(H2,14,16). The monoisotopic (exact) mass is 270 g/mol. The van der Waals surface area contributed by atoms with Gasteiger partial charge in [0.25, 0.3) is 5.91 Å². The summed E-state index contributed by atoms with van der Waals surface area (Å²) in [6.07, 6.45) is 4.32. The molecule has 1 aromatic rings. The molecular formula is C13H22N2O2S. The fraction of sp³-hybridized carbons (Fsp3) is 0.538. The lowest BCUT2D eigenvalue weighted by molar-refractivity contribution is 0.0991. The molecule has 1 aromatic heterocycles. The molecule has 0 bridgehead atoms. The molecule has 0 aromatic carbocycles. The van der Waals surface area contributed by atoms with Crippen LogP contribution in [0.5, 0.6) is 5.75 Å². The van der Waals surface area contributed by atoms with Gasteiger partial charge < -0.3 is 10.5 Å². The van der Waals surface area contributed by atoms with Crippen LogP contribution in [0, 0.1) is 0 Å². The summed E-state index contributed by atoms with van der Waals surface area (Å²) in [5.41, 5.74) is 6.36. The van der Waals surface area contributed by atoms with Crippen LogP contribution in [-0.2, 0) is 5.41 Å². The predicted molar refractivity (Wildman–Crippen MR) is 77.1 cm³/mol. The minimum Gasteiger partial charge on any atom is -0.494 e. The molecule has 1 heterocycles. The largest absolute Gasteiger partial charge is 0.494 e. The molecule has 5 heteroatoms. The summed E-state index contributed by atoms with van der Waals surface area (Å²) in [5, 5.41) is 0. The average Bonchev–Trinajstić information content (AvgIpc) is 2.25. The second-order valence-electron chi connectivity index (χ2n) is 5.42. The van der Waals surface area contributed by atoms with Crippen LogP contribution in [0.3, 0.4) is 0 Å². The van der Waals surface area contributed by atoms with Gasteiger partial charge in [0.2, 0.25) is 0 Å². The molecule has 0 radical (unpaired) electrons. The quantitative estimate of drug-likeness (QED) is 0.827. The van der Waals surface area contributed by atoms with Crippen LogP contribution in [0.4, 0.5) is 0 Å². The number of methoxy groups -OCH3 is 1. The minimum absolute atomic E-state index is 0.127. The summed E-state index contributed by atoms with van der Waals surface area (Å²) < 4.78 is 5.21. The van der Waals surface area contributed by atoms with E-state index in [1.54, 1.807) is 0 Å². The van der Waals surface area contributed by atoms with Gasteiger partial charge in [-0.15, -0.1) is 0 Å². The fourth-order valence-corrected chi connectivity index (χ4v) is 2.89. The van der Waals surface area contributed by atoms with E-state index in [4.69, 9.17) is 10.5 Å². The van der Waals surface area contributed by atoms with Crippen molar-refractivity contribution in [1.82, 2.24) is 4.98 Å². The van der Waals surface area contributed by atoms with Gasteiger partial charge in [0.05, 0.1) is 12.8 Å². The van der Waals surface area contributed by atoms with Crippen molar-refractivity contribution in [2.24, 2.45) is 5.73 Å². The molecule has 102 valence electrons. The molecule has 0 aliphatic carbocycles. The van der Waals surface area contributed by atoms with E-state index < -0.39 is 5.91 Å². The summed E-state index contributed by atoms with van der Waals surface area (Å²) in [7, 11) is 1.20. The topological polar surface area (TPSA) is 65.2 Å². The lowest BCUT2D eigenvalue weighted by Gasteiger charge is -2.26. The molecule has 18 heavy (non-hydrogen) atoms. The number of amides is 1. The van der Waals surface area contributed by atoms with Crippen molar-refractivity contribution in [3.05, 3.63) is 17.5 Å². The Morgan fingerprint density at radius 3 is 2.28 bits per heavy atom. The zero-order valence-electron chi connectivity index (χ0n) is 11.9. The van der Waals surface area contributed by atoms with E-state index in [9.17, 15) is 4.79 Å². The molecule has 1 rings (SSSR count). The number of hydrogen-bond donors (Lipinski definition) is 2. The third-order valence-electron chi connectivity index (χ3n) is 2.61. The van der Waals surface area contributed by atoms with Crippen molar-refractivity contribution in [2.45, 2.75) is 31.1 Å². The molecule has 0 spiro atoms. The van der Waals surface area contributed by atoms with Gasteiger partial charge in [0, 0.05) is 10.3 Å². The highest BCUT2D eigenvalue weighted by Crippen LogP contribution is 2.39. The summed E-state index contributed by atoms with van der Waals surface area (Å²) >= 11 is 0. The van der Waals surface area contributed by atoms with Crippen LogP contribution >= 0.6 is 10.9 Å². The van der Waals surface area contributed by atoms with Gasteiger partial charge >= 0.3 is 0 Å². The number of nitrogens with two attached hydrogens (primary N) is 1. The highest BCUT2D eigenvalue weighted by molar-refractivity contribution is 8.15. The normalized spacial score (nSPS) is 12.2. The molecule has 0 aliphatic heterocycles. The highest BCUT2D eigenvalue weighted by atomic mass is 32.2. The maximum atomic E-state index is 11.4. The first kappa shape index (κ1) is 14.8. The van der Waals surface area contributed by atoms with Gasteiger partial charge in [-0.2, -0.15) is 0 Å². The van der Waals surface area contributed by atoms with Crippen LogP contribution in [-0.4, -0.2) is 30.5 Å². The Bertz CT molecular complexity index is 465. The second kappa shape index (κ2) is 5.18. The van der Waals surface area contributed by atoms with Crippen molar-refractivity contribution >= 4 is 16.8 Å². The van der Waals surface area contributed by atoms with Gasteiger partial charge in [-0.05, 0) is 18.6 Å². The van der Waals surface area contributed by atoms with Crippen molar-refractivity contribution in [3.8, 4) is 5.75 Å². The fourth-order valence-electron chi connectivity index (χ4n) is 1.71. The Balaban J connectivity index is 3.58. The van der Waals surface area contributed by atoms with E-state index in [1.165, 1.54) is 7.11 Å². The number of ether oxygens (including phenoxy) is 1. The van der Waals surface area contributed by atoms with E-state index in [0.717, 1.165) is 10.6 Å². The molecular weight excluding hydrogens is 248 g/mol. The van der Waals surface area contributed by atoms with Gasteiger partial charge in [-0.1, -0.05) is 20.8 Å². The Kier molecular flexibility index (Phi) is 4.27. The zero-order valence-corrected chi connectivity index (χ0v) is 12.8. The van der Waals surface area contributed by atoms with Crippen molar-refractivity contribution in [2.75, 3.05) is 19.6 Å². The molecule has 0 saturated carbocycles. The number of thiol groups is 1. The zero-order chi connectivity index (χ0) is 14.1. The van der Waals surface area contributed by atoms with Crippen molar-refractivity contribution in [3.63, 3.8) is 0 Å². The van der Waals surface area contributed by atoms with E-state index in [-0.39, 0.29) is 22.0 Å². The Morgan fingerprint density at radius 1 is 1.39 bits per heavy atom. The van der Waals surface area contributed by atoms with Gasteiger partial charge in [-0.25, -0.2) is 15.9 Å². The lowest BCUT2D eigenvalue weighted by atomic mass is 9.91. The molecule has 0 atom stereocenters. The smallest absolute Gasteiger partial charge is 0.271 e. The third kappa shape index (κ3) is 2.96. The van der Waals surface area contributed by atoms with Gasteiger partial charge in [-0.3, -0.25) is 4.79 Å². The maximum Gasteiger partial charge on any atom is 0.271 e. The molecule has 0 fully saturated rings. The number of hydrogen-bond acceptors (Lipinski definition) is 3. The molecule has 0 saturated heterocycles. The summed E-state index contributed by atoms with van der Waals surface area (Å²) in [5.74, 6) is -0.0952. The maximum absolute atomic E-state index is 11.4. The molecule has 0 unspecified atom stereocenters. The van der Waals surface area contributed by atoms with Gasteiger partial charge in [0.15, 0.2) is 11.4 Å². The number of pyridine rings is 1. The number of nitrogens with zero attached hydrogens (tertiary/aromatic N) is 1. The van der Waals surface area contributed by atoms with Crippen LogP contribution in [0.25, 0.3) is 0 Å². The summed E-state index contributed by atoms with van der Waals surface area (Å²) in [4.78, 5) is 17.0. The van der Waals surface area contributed by atoms with Crippen molar-refractivity contribution in [1.29, 1.82) is 0 Å². The van der Waals surface area contributed by atoms with E-state index in [0.29, 0.717) is 5.75 Å². The van der Waals surface area contributed by atoms with Crippen molar-refractivity contribution < 1.29 is 9.53 Å². The first-order valence-electron chi connectivity index (χ1n) is 5.75. The van der Waals surface area contributed by atoms with Crippen LogP contribution in [0.2, 0.25) is 0 Å². The van der Waals surface area contributed by atoms with Crippen LogP contribution < -0.4 is 10.5 Å². The Hall–Kier alpha value is -1.23. The first-order valence-corrected chi connectivity index (χ1v) is 7.98. The van der Waals surface area contributed by atoms with E-state index >= 15 is 0 Å². The van der Waals surface area contributed by atoms with Gasteiger partial charge in [0.1, 0.15) is 0 Å². The molecule has 1 amide bonds. The minimum atomic E-state index is -0.555. The average molecular weight is 270 g/mol. The lowest BCUT2D eigenvalue weighted by Crippen LogP contribution is -2.21. The second-order valence-corrected chi connectivity index (χ2v) is 7.69. The SMILES string of the molecule is COc1cc([SH](C)C)c(C(C)(C)C)nc1C(N)=O. The number of rotatable bonds is 3. The van der Waals surface area contributed by atoms with Crippen LogP contribution in [0.1, 0.15) is 37.0 Å². The van der Waals surface area contributed by atoms with E-state index in [2.05, 4.69) is 38.3 Å². The number of carbonyl (C=O) groups excluding carboxylic acids is 1. The van der Waals surface area contributed by atoms with E-state index in [1.807, 2.05) is 6.07 Å². The van der Waals surface area contributed by atoms with Crippen LogP contribution in [0.15, 0.2) is 11.0 Å². The number of aromatic nitrogens is 1. The summed E-state index contributed by atoms with van der Waals surface area (Å²) in [6.45, 7) is 6.23. The molecule has 2 N–H and O–H groups in total. The predicted octanol–water partition coefficient (Wildman–Crippen LogP) is 2.11. The Morgan fingerprint density at radius 2 is 1.94 bits per heavy atom. The third-order valence-corrected chi connectivity index (χ3v) is 3.92. The number of carbonyl (C=O) groups is 1. The first-order chi connectivity index (χ1) is 8.18. The summed E-state index contributed by atoms with van der Waals surface area (Å²) in [6, 6.07) is 1.90.